The van der Waals surface area contributed by atoms with Gasteiger partial charge in [-0.1, -0.05) is 13.0 Å². The molecule has 4 nitrogen and oxygen atoms in total. The van der Waals surface area contributed by atoms with Crippen LogP contribution in [0.5, 0.6) is 5.75 Å². The molecule has 1 amide bonds. The lowest BCUT2D eigenvalue weighted by Crippen LogP contribution is -2.12. The highest BCUT2D eigenvalue weighted by molar-refractivity contribution is 5.95. The molecule has 0 aliphatic rings. The molecule has 0 bridgehead atoms. The minimum Gasteiger partial charge on any atom is -0.507 e. The third-order valence-electron chi connectivity index (χ3n) is 2.06. The molecule has 76 valence electrons. The first-order valence-corrected chi connectivity index (χ1v) is 4.37. The average Bonchev–Trinajstić information content (AvgIpc) is 2.17. The summed E-state index contributed by atoms with van der Waals surface area (Å²) >= 11 is 0. The summed E-state index contributed by atoms with van der Waals surface area (Å²) in [5.41, 5.74) is 5.66. The maximum atomic E-state index is 10.9. The Kier molecular flexibility index (Phi) is 3.09. The fourth-order valence-electron chi connectivity index (χ4n) is 1.19. The van der Waals surface area contributed by atoms with Gasteiger partial charge in [0, 0.05) is 0 Å². The number of carbonyl (C=O) groups is 1. The Morgan fingerprint density at radius 3 is 2.71 bits per heavy atom. The van der Waals surface area contributed by atoms with Crippen LogP contribution in [0, 0.1) is 0 Å². The van der Waals surface area contributed by atoms with E-state index in [2.05, 4.69) is 0 Å². The molecule has 0 saturated carbocycles. The van der Waals surface area contributed by atoms with Crippen LogP contribution in [0.15, 0.2) is 18.2 Å². The van der Waals surface area contributed by atoms with E-state index in [-0.39, 0.29) is 11.3 Å². The normalized spacial score (nSPS) is 12.4. The van der Waals surface area contributed by atoms with E-state index in [1.54, 1.807) is 6.07 Å². The number of carbonyl (C=O) groups excluding carboxylic acids is 1. The molecule has 14 heavy (non-hydrogen) atoms. The smallest absolute Gasteiger partial charge is 0.252 e. The number of phenols is 1. The predicted octanol–water partition coefficient (Wildman–Crippen LogP) is 0.935. The van der Waals surface area contributed by atoms with E-state index in [4.69, 9.17) is 5.73 Å². The number of aliphatic hydroxyl groups is 1. The highest BCUT2D eigenvalue weighted by atomic mass is 16.3. The van der Waals surface area contributed by atoms with Crippen LogP contribution in [-0.2, 0) is 0 Å². The number of benzene rings is 1. The number of nitrogens with two attached hydrogens (primary N) is 1. The quantitative estimate of drug-likeness (QED) is 0.671. The molecule has 1 aromatic carbocycles. The van der Waals surface area contributed by atoms with Gasteiger partial charge in [0.25, 0.3) is 5.91 Å². The molecule has 4 N–H and O–H groups in total. The lowest BCUT2D eigenvalue weighted by Gasteiger charge is -2.09. The maximum Gasteiger partial charge on any atom is 0.252 e. The number of primary amides is 1. The summed E-state index contributed by atoms with van der Waals surface area (Å²) in [6.07, 6.45) is -0.0862. The SMILES string of the molecule is CCC(O)c1ccc(O)c(C(N)=O)c1. The van der Waals surface area contributed by atoms with Crippen LogP contribution in [0.2, 0.25) is 0 Å². The van der Waals surface area contributed by atoms with Crippen molar-refractivity contribution in [3.05, 3.63) is 29.3 Å². The van der Waals surface area contributed by atoms with Crippen LogP contribution in [0.1, 0.15) is 35.4 Å². The van der Waals surface area contributed by atoms with Crippen molar-refractivity contribution in [2.24, 2.45) is 5.73 Å². The van der Waals surface area contributed by atoms with Crippen LogP contribution in [0.4, 0.5) is 0 Å². The van der Waals surface area contributed by atoms with Crippen molar-refractivity contribution in [3.63, 3.8) is 0 Å². The first-order valence-electron chi connectivity index (χ1n) is 4.37. The molecule has 1 rings (SSSR count). The van der Waals surface area contributed by atoms with Gasteiger partial charge in [-0.15, -0.1) is 0 Å². The van der Waals surface area contributed by atoms with Gasteiger partial charge >= 0.3 is 0 Å². The van der Waals surface area contributed by atoms with Gasteiger partial charge in [0.05, 0.1) is 11.7 Å². The minimum atomic E-state index is -0.701. The molecule has 4 heteroatoms. The monoisotopic (exact) mass is 195 g/mol. The van der Waals surface area contributed by atoms with Crippen molar-refractivity contribution in [1.29, 1.82) is 0 Å². The van der Waals surface area contributed by atoms with Crippen LogP contribution in [0.3, 0.4) is 0 Å². The van der Waals surface area contributed by atoms with Crippen LogP contribution in [0.25, 0.3) is 0 Å². The van der Waals surface area contributed by atoms with Gasteiger partial charge in [-0.05, 0) is 24.1 Å². The second-order valence-electron chi connectivity index (χ2n) is 3.06. The lowest BCUT2D eigenvalue weighted by atomic mass is 10.0. The van der Waals surface area contributed by atoms with Crippen molar-refractivity contribution >= 4 is 5.91 Å². The van der Waals surface area contributed by atoms with Gasteiger partial charge in [0.15, 0.2) is 0 Å². The minimum absolute atomic E-state index is 0.0370. The number of rotatable bonds is 3. The molecule has 1 aromatic rings. The van der Waals surface area contributed by atoms with Crippen molar-refractivity contribution in [1.82, 2.24) is 0 Å². The van der Waals surface area contributed by atoms with Crippen molar-refractivity contribution in [2.45, 2.75) is 19.4 Å². The van der Waals surface area contributed by atoms with Gasteiger partial charge < -0.3 is 15.9 Å². The largest absolute Gasteiger partial charge is 0.507 e. The Morgan fingerprint density at radius 1 is 1.57 bits per heavy atom. The third kappa shape index (κ3) is 2.03. The van der Waals surface area contributed by atoms with Crippen LogP contribution in [-0.4, -0.2) is 16.1 Å². The number of aromatic hydroxyl groups is 1. The molecule has 0 radical (unpaired) electrons. The summed E-state index contributed by atoms with van der Waals surface area (Å²) in [6.45, 7) is 1.82. The van der Waals surface area contributed by atoms with E-state index in [1.165, 1.54) is 12.1 Å². The Hall–Kier alpha value is -1.55. The zero-order chi connectivity index (χ0) is 10.7. The van der Waals surface area contributed by atoms with E-state index < -0.39 is 12.0 Å². The molecule has 0 spiro atoms. The second kappa shape index (κ2) is 4.11. The number of hydrogen-bond donors (Lipinski definition) is 3. The van der Waals surface area contributed by atoms with Gasteiger partial charge in [0.2, 0.25) is 0 Å². The molecule has 0 fully saturated rings. The third-order valence-corrected chi connectivity index (χ3v) is 2.06. The van der Waals surface area contributed by atoms with E-state index in [9.17, 15) is 15.0 Å². The van der Waals surface area contributed by atoms with E-state index in [0.29, 0.717) is 12.0 Å². The number of hydrogen-bond acceptors (Lipinski definition) is 3. The Bertz CT molecular complexity index is 349. The topological polar surface area (TPSA) is 83.6 Å². The molecule has 1 unspecified atom stereocenters. The highest BCUT2D eigenvalue weighted by Crippen LogP contribution is 2.23. The van der Waals surface area contributed by atoms with Crippen molar-refractivity contribution in [3.8, 4) is 5.75 Å². The van der Waals surface area contributed by atoms with Gasteiger partial charge in [0.1, 0.15) is 5.75 Å². The van der Waals surface area contributed by atoms with Crippen molar-refractivity contribution < 1.29 is 15.0 Å². The molecular weight excluding hydrogens is 182 g/mol. The van der Waals surface area contributed by atoms with Gasteiger partial charge in [-0.25, -0.2) is 0 Å². The number of amides is 1. The lowest BCUT2D eigenvalue weighted by molar-refractivity contribution is 0.0997. The molecule has 0 heterocycles. The fraction of sp³-hybridized carbons (Fsp3) is 0.300. The fourth-order valence-corrected chi connectivity index (χ4v) is 1.19. The molecular formula is C10H13NO3. The van der Waals surface area contributed by atoms with Gasteiger partial charge in [-0.2, -0.15) is 0 Å². The zero-order valence-corrected chi connectivity index (χ0v) is 7.90. The summed E-state index contributed by atoms with van der Waals surface area (Å²) in [5, 5.41) is 18.8. The summed E-state index contributed by atoms with van der Waals surface area (Å²) in [7, 11) is 0. The first kappa shape index (κ1) is 10.5. The van der Waals surface area contributed by atoms with Crippen molar-refractivity contribution in [2.75, 3.05) is 0 Å². The van der Waals surface area contributed by atoms with Crippen LogP contribution < -0.4 is 5.73 Å². The van der Waals surface area contributed by atoms with E-state index in [1.807, 2.05) is 6.92 Å². The van der Waals surface area contributed by atoms with E-state index in [0.717, 1.165) is 0 Å². The van der Waals surface area contributed by atoms with Gasteiger partial charge in [-0.3, -0.25) is 4.79 Å². The molecule has 1 atom stereocenters. The Balaban J connectivity index is 3.12. The predicted molar refractivity (Wildman–Crippen MR) is 51.9 cm³/mol. The number of aliphatic hydroxyl groups excluding tert-OH is 1. The standard InChI is InChI=1S/C10H13NO3/c1-2-8(12)6-3-4-9(13)7(5-6)10(11)14/h3-5,8,12-13H,2H2,1H3,(H2,11,14). The van der Waals surface area contributed by atoms with Crippen LogP contribution >= 0.6 is 0 Å². The maximum absolute atomic E-state index is 10.9. The summed E-state index contributed by atoms with van der Waals surface area (Å²) < 4.78 is 0. The first-order chi connectivity index (χ1) is 6.56. The molecule has 0 aromatic heterocycles. The Morgan fingerprint density at radius 2 is 2.21 bits per heavy atom. The highest BCUT2D eigenvalue weighted by Gasteiger charge is 2.11. The Labute approximate surface area is 82.0 Å². The van der Waals surface area contributed by atoms with E-state index >= 15 is 0 Å². The summed E-state index contributed by atoms with van der Waals surface area (Å²) in [5.74, 6) is -0.864. The molecule has 0 aliphatic heterocycles. The molecule has 0 aliphatic carbocycles. The zero-order valence-electron chi connectivity index (χ0n) is 7.90. The molecule has 0 saturated heterocycles. The summed E-state index contributed by atoms with van der Waals surface area (Å²) in [4.78, 5) is 10.9. The summed E-state index contributed by atoms with van der Waals surface area (Å²) in [6, 6.07) is 4.33. The average molecular weight is 195 g/mol. The second-order valence-corrected chi connectivity index (χ2v) is 3.06.